The van der Waals surface area contributed by atoms with Gasteiger partial charge in [-0.3, -0.25) is 4.90 Å². The quantitative estimate of drug-likeness (QED) is 0.298. The number of esters is 1. The molecule has 1 aliphatic rings. The molecule has 0 aliphatic carbocycles. The van der Waals surface area contributed by atoms with E-state index in [0.717, 1.165) is 36.9 Å². The molecule has 182 valence electrons. The third kappa shape index (κ3) is 4.17. The smallest absolute Gasteiger partial charge is 0.342 e. The van der Waals surface area contributed by atoms with E-state index in [1.807, 2.05) is 48.5 Å². The molecule has 1 saturated heterocycles. The van der Waals surface area contributed by atoms with Crippen LogP contribution in [0.5, 0.6) is 5.75 Å². The summed E-state index contributed by atoms with van der Waals surface area (Å²) < 4.78 is 11.7. The largest absolute Gasteiger partial charge is 0.507 e. The molecule has 1 aliphatic heterocycles. The van der Waals surface area contributed by atoms with Crippen LogP contribution in [0.1, 0.15) is 60.0 Å². The highest BCUT2D eigenvalue weighted by Crippen LogP contribution is 2.48. The number of furan rings is 1. The maximum absolute atomic E-state index is 13.2. The van der Waals surface area contributed by atoms with E-state index < -0.39 is 5.97 Å². The molecule has 1 atom stereocenters. The minimum absolute atomic E-state index is 0.165. The third-order valence-electron chi connectivity index (χ3n) is 7.16. The number of aromatic hydroxyl groups is 1. The number of likely N-dealkylation sites (tertiary alicyclic amines) is 1. The zero-order chi connectivity index (χ0) is 24.7. The topological polar surface area (TPSA) is 62.9 Å². The number of phenolic OH excluding ortho intramolecular Hbond substituents is 1. The maximum Gasteiger partial charge on any atom is 0.342 e. The zero-order valence-electron chi connectivity index (χ0n) is 20.3. The molecule has 1 fully saturated rings. The van der Waals surface area contributed by atoms with Gasteiger partial charge in [-0.15, -0.1) is 0 Å². The van der Waals surface area contributed by atoms with Gasteiger partial charge in [-0.25, -0.2) is 4.79 Å². The van der Waals surface area contributed by atoms with Crippen LogP contribution in [0.4, 0.5) is 0 Å². The monoisotopic (exact) mass is 491 g/mol. The number of carbonyl (C=O) groups is 1. The molecule has 0 spiro atoms. The lowest BCUT2D eigenvalue weighted by Crippen LogP contribution is -2.37. The number of halogens is 1. The van der Waals surface area contributed by atoms with Crippen molar-refractivity contribution in [3.05, 3.63) is 76.0 Å². The molecular formula is C29H30ClNO4. The number of ether oxygens (including phenoxy) is 1. The van der Waals surface area contributed by atoms with Gasteiger partial charge in [0.15, 0.2) is 0 Å². The Morgan fingerprint density at radius 2 is 1.80 bits per heavy atom. The van der Waals surface area contributed by atoms with Crippen molar-refractivity contribution in [3.8, 4) is 5.75 Å². The molecule has 4 aromatic rings. The summed E-state index contributed by atoms with van der Waals surface area (Å²) in [6.07, 6.45) is 2.13. The fourth-order valence-corrected chi connectivity index (χ4v) is 5.48. The average Bonchev–Trinajstić information content (AvgIpc) is 3.20. The summed E-state index contributed by atoms with van der Waals surface area (Å²) in [6, 6.07) is 15.1. The minimum Gasteiger partial charge on any atom is -0.507 e. The number of aryl methyl sites for hydroxylation is 1. The van der Waals surface area contributed by atoms with Gasteiger partial charge in [0.2, 0.25) is 0 Å². The number of phenols is 1. The van der Waals surface area contributed by atoms with Gasteiger partial charge in [0.1, 0.15) is 22.7 Å². The summed E-state index contributed by atoms with van der Waals surface area (Å²) in [7, 11) is 0. The van der Waals surface area contributed by atoms with E-state index in [4.69, 9.17) is 20.8 Å². The SMILES string of the molecule is CCOC(=O)c1c(C)oc2c1c(C(c1ccc(Cl)cc1)N1CCC(C)CC1)c(O)c1ccccc12. The van der Waals surface area contributed by atoms with Gasteiger partial charge in [-0.1, -0.05) is 54.9 Å². The van der Waals surface area contributed by atoms with Crippen LogP contribution in [0.2, 0.25) is 5.02 Å². The van der Waals surface area contributed by atoms with Crippen LogP contribution in [0.15, 0.2) is 52.9 Å². The molecule has 5 rings (SSSR count). The molecule has 1 aromatic heterocycles. The van der Waals surface area contributed by atoms with Crippen molar-refractivity contribution < 1.29 is 19.1 Å². The van der Waals surface area contributed by atoms with E-state index in [-0.39, 0.29) is 18.4 Å². The highest BCUT2D eigenvalue weighted by atomic mass is 35.5. The third-order valence-corrected chi connectivity index (χ3v) is 7.41. The summed E-state index contributed by atoms with van der Waals surface area (Å²) >= 11 is 6.24. The van der Waals surface area contributed by atoms with E-state index in [9.17, 15) is 9.90 Å². The molecule has 0 radical (unpaired) electrons. The van der Waals surface area contributed by atoms with Crippen molar-refractivity contribution in [1.82, 2.24) is 4.90 Å². The van der Waals surface area contributed by atoms with Crippen molar-refractivity contribution in [1.29, 1.82) is 0 Å². The first kappa shape index (κ1) is 23.7. The van der Waals surface area contributed by atoms with Gasteiger partial charge in [-0.2, -0.15) is 0 Å². The highest BCUT2D eigenvalue weighted by molar-refractivity contribution is 6.30. The summed E-state index contributed by atoms with van der Waals surface area (Å²) in [5.74, 6) is 0.853. The molecule has 35 heavy (non-hydrogen) atoms. The Morgan fingerprint density at radius 1 is 1.14 bits per heavy atom. The van der Waals surface area contributed by atoms with Gasteiger partial charge in [0, 0.05) is 26.7 Å². The summed E-state index contributed by atoms with van der Waals surface area (Å²) in [5, 5.41) is 14.6. The van der Waals surface area contributed by atoms with E-state index in [0.29, 0.717) is 44.2 Å². The van der Waals surface area contributed by atoms with Crippen LogP contribution in [0, 0.1) is 12.8 Å². The minimum atomic E-state index is -0.443. The number of nitrogens with zero attached hydrogens (tertiary/aromatic N) is 1. The van der Waals surface area contributed by atoms with Crippen molar-refractivity contribution in [2.24, 2.45) is 5.92 Å². The molecule has 1 N–H and O–H groups in total. The molecule has 5 nitrogen and oxygen atoms in total. The average molecular weight is 492 g/mol. The van der Waals surface area contributed by atoms with E-state index in [1.165, 1.54) is 0 Å². The number of hydrogen-bond donors (Lipinski definition) is 1. The standard InChI is InChI=1S/C29H30ClNO4/c1-4-34-29(33)23-18(3)35-28-22-8-6-5-7-21(22)27(32)25(24(23)28)26(19-9-11-20(30)12-10-19)31-15-13-17(2)14-16-31/h5-12,17,26,32H,4,13-16H2,1-3H3. The lowest BCUT2D eigenvalue weighted by Gasteiger charge is -2.38. The Morgan fingerprint density at radius 3 is 2.46 bits per heavy atom. The first-order chi connectivity index (χ1) is 16.9. The number of piperidine rings is 1. The fraction of sp³-hybridized carbons (Fsp3) is 0.345. The van der Waals surface area contributed by atoms with Crippen LogP contribution in [0.25, 0.3) is 21.7 Å². The Bertz CT molecular complexity index is 1380. The van der Waals surface area contributed by atoms with Crippen LogP contribution >= 0.6 is 11.6 Å². The van der Waals surface area contributed by atoms with Gasteiger partial charge >= 0.3 is 5.97 Å². The first-order valence-corrected chi connectivity index (χ1v) is 12.6. The number of rotatable bonds is 5. The van der Waals surface area contributed by atoms with Crippen LogP contribution in [-0.4, -0.2) is 35.7 Å². The summed E-state index contributed by atoms with van der Waals surface area (Å²) in [6.45, 7) is 7.86. The first-order valence-electron chi connectivity index (χ1n) is 12.2. The normalized spacial score (nSPS) is 16.1. The number of fused-ring (bicyclic) bond motifs is 3. The molecule has 2 heterocycles. The second-order valence-corrected chi connectivity index (χ2v) is 9.87. The van der Waals surface area contributed by atoms with Crippen molar-refractivity contribution in [2.75, 3.05) is 19.7 Å². The predicted octanol–water partition coefficient (Wildman–Crippen LogP) is 7.25. The van der Waals surface area contributed by atoms with Crippen molar-refractivity contribution >= 4 is 39.3 Å². The van der Waals surface area contributed by atoms with Crippen molar-refractivity contribution in [3.63, 3.8) is 0 Å². The van der Waals surface area contributed by atoms with E-state index in [2.05, 4.69) is 11.8 Å². The number of carbonyl (C=O) groups excluding carboxylic acids is 1. The van der Waals surface area contributed by atoms with Crippen LogP contribution in [-0.2, 0) is 4.74 Å². The van der Waals surface area contributed by atoms with Crippen LogP contribution in [0.3, 0.4) is 0 Å². The van der Waals surface area contributed by atoms with E-state index in [1.54, 1.807) is 13.8 Å². The van der Waals surface area contributed by atoms with E-state index >= 15 is 0 Å². The van der Waals surface area contributed by atoms with Crippen LogP contribution < -0.4 is 0 Å². The Balaban J connectivity index is 1.87. The second-order valence-electron chi connectivity index (χ2n) is 9.44. The van der Waals surface area contributed by atoms with Crippen molar-refractivity contribution in [2.45, 2.75) is 39.7 Å². The summed E-state index contributed by atoms with van der Waals surface area (Å²) in [4.78, 5) is 15.6. The predicted molar refractivity (Wildman–Crippen MR) is 139 cm³/mol. The maximum atomic E-state index is 13.2. The molecule has 3 aromatic carbocycles. The second kappa shape index (κ2) is 9.56. The number of hydrogen-bond acceptors (Lipinski definition) is 5. The Labute approximate surface area is 210 Å². The molecule has 0 saturated carbocycles. The Hall–Kier alpha value is -3.02. The van der Waals surface area contributed by atoms with Gasteiger partial charge in [-0.05, 0) is 63.4 Å². The molecule has 0 bridgehead atoms. The molecule has 1 unspecified atom stereocenters. The molecule has 6 heteroatoms. The van der Waals surface area contributed by atoms with Gasteiger partial charge in [0.05, 0.1) is 12.6 Å². The summed E-state index contributed by atoms with van der Waals surface area (Å²) in [5.41, 5.74) is 2.65. The highest BCUT2D eigenvalue weighted by Gasteiger charge is 2.34. The van der Waals surface area contributed by atoms with Gasteiger partial charge < -0.3 is 14.3 Å². The lowest BCUT2D eigenvalue weighted by atomic mass is 9.87. The zero-order valence-corrected chi connectivity index (χ0v) is 21.1. The van der Waals surface area contributed by atoms with Gasteiger partial charge in [0.25, 0.3) is 0 Å². The molecular weight excluding hydrogens is 462 g/mol. The lowest BCUT2D eigenvalue weighted by molar-refractivity contribution is 0.0526. The Kier molecular flexibility index (Phi) is 6.47. The fourth-order valence-electron chi connectivity index (χ4n) is 5.35. The number of benzene rings is 3. The molecule has 0 amide bonds.